The van der Waals surface area contributed by atoms with Crippen LogP contribution in [0.1, 0.15) is 56.8 Å². The molecule has 0 fully saturated rings. The fourth-order valence-corrected chi connectivity index (χ4v) is 6.63. The van der Waals surface area contributed by atoms with Gasteiger partial charge in [0.2, 0.25) is 5.69 Å². The van der Waals surface area contributed by atoms with Crippen molar-refractivity contribution >= 4 is 40.9 Å². The number of phenols is 2. The second kappa shape index (κ2) is 14.2. The summed E-state index contributed by atoms with van der Waals surface area (Å²) in [5, 5.41) is 42.4. The molecule has 2 aliphatic heterocycles. The van der Waals surface area contributed by atoms with Crippen LogP contribution in [-0.4, -0.2) is 65.6 Å². The number of rotatable bonds is 10. The molecule has 16 nitrogen and oxygen atoms in total. The van der Waals surface area contributed by atoms with Crippen LogP contribution in [-0.2, 0) is 15.1 Å². The van der Waals surface area contributed by atoms with Crippen LogP contribution in [0.3, 0.4) is 0 Å². The predicted octanol–water partition coefficient (Wildman–Crippen LogP) is 3.24. The van der Waals surface area contributed by atoms with Crippen LogP contribution in [0, 0.1) is 0 Å². The summed E-state index contributed by atoms with van der Waals surface area (Å²) in [6, 6.07) is 20.8. The largest absolute Gasteiger partial charge is 0.508 e. The van der Waals surface area contributed by atoms with Crippen molar-refractivity contribution in [2.24, 2.45) is 0 Å². The number of fused-ring (bicyclic) bond motifs is 6. The van der Waals surface area contributed by atoms with Gasteiger partial charge < -0.3 is 40.7 Å². The summed E-state index contributed by atoms with van der Waals surface area (Å²) in [5.41, 5.74) is -1.42. The number of H-pyrrole nitrogens is 1. The molecule has 0 unspecified atom stereocenters. The average Bonchev–Trinajstić information content (AvgIpc) is 3.42. The summed E-state index contributed by atoms with van der Waals surface area (Å²) < 4.78 is 12.9. The molecule has 0 radical (unpaired) electrons. The Morgan fingerprint density at radius 1 is 0.889 bits per heavy atom. The molecule has 0 saturated heterocycles. The molecule has 1 atom stereocenters. The van der Waals surface area contributed by atoms with E-state index >= 15 is 0 Å². The molecule has 3 heterocycles. The number of aromatic hydroxyl groups is 2. The van der Waals surface area contributed by atoms with Crippen molar-refractivity contribution in [3.8, 4) is 28.7 Å². The molecule has 0 bridgehead atoms. The van der Waals surface area contributed by atoms with Gasteiger partial charge in [-0.2, -0.15) is 9.78 Å². The normalized spacial score (nSPS) is 13.7. The Hall–Kier alpha value is -7.01. The van der Waals surface area contributed by atoms with Gasteiger partial charge in [0.15, 0.2) is 10.7 Å². The lowest BCUT2D eigenvalue weighted by molar-refractivity contribution is -0.139. The van der Waals surface area contributed by atoms with Crippen LogP contribution in [0.2, 0.25) is 0 Å². The van der Waals surface area contributed by atoms with E-state index in [0.717, 1.165) is 4.68 Å². The monoisotopic (exact) mass is 750 g/mol. The topological polar surface area (TPSA) is 234 Å². The van der Waals surface area contributed by atoms with E-state index in [1.807, 2.05) is 4.98 Å². The zero-order valence-electron chi connectivity index (χ0n) is 28.0. The number of benzene rings is 4. The van der Waals surface area contributed by atoms with Gasteiger partial charge in [-0.15, -0.1) is 0 Å². The Labute approximate surface area is 310 Å². The first-order valence-electron chi connectivity index (χ1n) is 16.5. The lowest BCUT2D eigenvalue weighted by Crippen LogP contribution is -2.45. The number of aromatic amines is 1. The number of nitrogens with one attached hydrogen (secondary N) is 4. The molecule has 4 aromatic carbocycles. The number of carbonyl (C=O) groups is 3. The molecular formula is C37H30N6O10S. The second-order valence-electron chi connectivity index (χ2n) is 12.4. The Kier molecular flexibility index (Phi) is 9.30. The summed E-state index contributed by atoms with van der Waals surface area (Å²) in [6.45, 7) is 0.332. The van der Waals surface area contributed by atoms with Crippen LogP contribution in [0.5, 0.6) is 23.0 Å². The number of carboxylic acids is 1. The molecule has 54 heavy (non-hydrogen) atoms. The van der Waals surface area contributed by atoms with Crippen LogP contribution < -0.4 is 31.9 Å². The number of aromatic nitrogens is 3. The SMILES string of the molecule is O=C1OC2(c3ccc(O)cc3Oc3cc(O)ccc32)c2ccc(NC(=S)NCCCC[C@@H](NC(=O)c3nn(-c4ccccc4)c(=O)[nH]c3=O)C(=O)O)cc21. The van der Waals surface area contributed by atoms with E-state index in [9.17, 15) is 39.3 Å². The summed E-state index contributed by atoms with van der Waals surface area (Å²) >= 11 is 5.44. The van der Waals surface area contributed by atoms with E-state index in [2.05, 4.69) is 21.0 Å². The van der Waals surface area contributed by atoms with Gasteiger partial charge in [0.05, 0.1) is 11.3 Å². The number of thiocarbonyl (C=S) groups is 1. The highest BCUT2D eigenvalue weighted by Crippen LogP contribution is 2.57. The van der Waals surface area contributed by atoms with E-state index in [4.69, 9.17) is 21.7 Å². The van der Waals surface area contributed by atoms with Gasteiger partial charge >= 0.3 is 17.6 Å². The molecule has 1 spiro atoms. The van der Waals surface area contributed by atoms with Gasteiger partial charge in [-0.05, 0) is 80.0 Å². The number of anilines is 1. The lowest BCUT2D eigenvalue weighted by atomic mass is 9.77. The van der Waals surface area contributed by atoms with E-state index in [0.29, 0.717) is 47.5 Å². The van der Waals surface area contributed by atoms with E-state index in [1.54, 1.807) is 60.7 Å². The maximum absolute atomic E-state index is 13.4. The minimum Gasteiger partial charge on any atom is -0.508 e. The molecule has 5 aromatic rings. The van der Waals surface area contributed by atoms with Gasteiger partial charge in [0.1, 0.15) is 29.0 Å². The third-order valence-electron chi connectivity index (χ3n) is 8.88. The first-order valence-corrected chi connectivity index (χ1v) is 17.0. The summed E-state index contributed by atoms with van der Waals surface area (Å²) in [5.74, 6) is -2.56. The number of hydrogen-bond acceptors (Lipinski definition) is 11. The number of carbonyl (C=O) groups excluding carboxylic acids is 2. The highest BCUT2D eigenvalue weighted by Gasteiger charge is 2.53. The van der Waals surface area contributed by atoms with Crippen molar-refractivity contribution < 1.29 is 39.2 Å². The Morgan fingerprint density at radius 2 is 1.56 bits per heavy atom. The van der Waals surface area contributed by atoms with Crippen molar-refractivity contribution in [1.29, 1.82) is 0 Å². The number of unbranched alkanes of at least 4 members (excludes halogenated alkanes) is 1. The number of phenolic OH excluding ortho intramolecular Hbond substituents is 2. The van der Waals surface area contributed by atoms with Crippen molar-refractivity contribution in [2.45, 2.75) is 30.9 Å². The maximum atomic E-state index is 13.4. The van der Waals surface area contributed by atoms with Gasteiger partial charge in [-0.25, -0.2) is 14.4 Å². The zero-order valence-corrected chi connectivity index (χ0v) is 28.8. The Morgan fingerprint density at radius 3 is 2.22 bits per heavy atom. The van der Waals surface area contributed by atoms with Crippen LogP contribution in [0.25, 0.3) is 5.69 Å². The number of ether oxygens (including phenoxy) is 2. The first kappa shape index (κ1) is 35.4. The summed E-state index contributed by atoms with van der Waals surface area (Å²) in [6.07, 6.45) is 0.809. The molecule has 1 aromatic heterocycles. The molecule has 1 amide bonds. The van der Waals surface area contributed by atoms with Crippen molar-refractivity contribution in [3.63, 3.8) is 0 Å². The van der Waals surface area contributed by atoms with E-state index < -0.39 is 46.4 Å². The predicted molar refractivity (Wildman–Crippen MR) is 195 cm³/mol. The van der Waals surface area contributed by atoms with Crippen molar-refractivity contribution in [2.75, 3.05) is 11.9 Å². The second-order valence-corrected chi connectivity index (χ2v) is 12.8. The van der Waals surface area contributed by atoms with Gasteiger partial charge in [-0.3, -0.25) is 14.6 Å². The Bertz CT molecular complexity index is 2410. The lowest BCUT2D eigenvalue weighted by Gasteiger charge is -2.36. The van der Waals surface area contributed by atoms with Crippen molar-refractivity contribution in [3.05, 3.63) is 134 Å². The third kappa shape index (κ3) is 6.58. The minimum absolute atomic E-state index is 0.0182. The smallest absolute Gasteiger partial charge is 0.349 e. The van der Waals surface area contributed by atoms with Crippen LogP contribution in [0.15, 0.2) is 94.5 Å². The van der Waals surface area contributed by atoms with Gasteiger partial charge in [0.25, 0.3) is 11.5 Å². The molecule has 2 aliphatic rings. The Balaban J connectivity index is 0.968. The quantitative estimate of drug-likeness (QED) is 0.0617. The number of aliphatic carboxylic acids is 1. The molecule has 7 N–H and O–H groups in total. The number of amides is 1. The maximum Gasteiger partial charge on any atom is 0.349 e. The number of para-hydroxylation sites is 1. The number of carboxylic acid groups (broad SMARTS) is 1. The highest BCUT2D eigenvalue weighted by molar-refractivity contribution is 7.80. The van der Waals surface area contributed by atoms with Crippen LogP contribution in [0.4, 0.5) is 5.69 Å². The molecule has 0 saturated carbocycles. The molecule has 0 aliphatic carbocycles. The molecule has 274 valence electrons. The molecular weight excluding hydrogens is 721 g/mol. The van der Waals surface area contributed by atoms with Gasteiger partial charge in [-0.1, -0.05) is 24.3 Å². The summed E-state index contributed by atoms with van der Waals surface area (Å²) in [7, 11) is 0. The zero-order chi connectivity index (χ0) is 38.1. The number of hydrogen-bond donors (Lipinski definition) is 7. The molecule has 7 rings (SSSR count). The van der Waals surface area contributed by atoms with Crippen LogP contribution >= 0.6 is 12.2 Å². The fraction of sp³-hybridized carbons (Fsp3) is 0.162. The standard InChI is InChI=1S/C37H30N6O10S/c44-21-10-13-25-28(17-21)52-29-18-22(45)11-14-26(29)37(25)24-12-9-19(16-23(24)34(50)53-37)39-35(54)38-15-5-4-8-27(33(48)49)40-31(46)30-32(47)41-36(51)43(42-30)20-6-2-1-3-7-20/h1-3,6-7,9-14,16-18,27,44-45H,4-5,8,15H2,(H,40,46)(H,48,49)(H2,38,39,54)(H,41,47,51)/t27-/m1/s1. The minimum atomic E-state index is -1.40. The molecule has 17 heteroatoms. The van der Waals surface area contributed by atoms with Crippen molar-refractivity contribution in [1.82, 2.24) is 25.4 Å². The number of esters is 1. The third-order valence-corrected chi connectivity index (χ3v) is 9.13. The first-order chi connectivity index (χ1) is 25.9. The summed E-state index contributed by atoms with van der Waals surface area (Å²) in [4.78, 5) is 64.9. The fourth-order valence-electron chi connectivity index (χ4n) is 6.41. The highest BCUT2D eigenvalue weighted by atomic mass is 32.1. The number of nitrogens with zero attached hydrogens (tertiary/aromatic N) is 2. The average molecular weight is 751 g/mol. The van der Waals surface area contributed by atoms with E-state index in [-0.39, 0.29) is 40.1 Å². The van der Waals surface area contributed by atoms with Gasteiger partial charge in [0, 0.05) is 41.1 Å². The van der Waals surface area contributed by atoms with E-state index in [1.165, 1.54) is 24.3 Å².